The second-order valence-corrected chi connectivity index (χ2v) is 6.62. The lowest BCUT2D eigenvalue weighted by atomic mass is 10.1. The normalized spacial score (nSPS) is 11.0. The van der Waals surface area contributed by atoms with E-state index in [0.29, 0.717) is 22.9 Å². The molecule has 0 aliphatic heterocycles. The molecule has 1 amide bonds. The van der Waals surface area contributed by atoms with Gasteiger partial charge in [-0.05, 0) is 56.1 Å². The molecule has 3 aromatic rings. The summed E-state index contributed by atoms with van der Waals surface area (Å²) in [5.74, 6) is 1.01. The van der Waals surface area contributed by atoms with Crippen LogP contribution in [-0.4, -0.2) is 44.8 Å². The van der Waals surface area contributed by atoms with Gasteiger partial charge in [-0.3, -0.25) is 4.79 Å². The number of anilines is 1. The van der Waals surface area contributed by atoms with Gasteiger partial charge in [0, 0.05) is 30.4 Å². The molecular formula is C20H23N5O2. The second-order valence-electron chi connectivity index (χ2n) is 6.62. The van der Waals surface area contributed by atoms with Gasteiger partial charge in [-0.2, -0.15) is 0 Å². The Morgan fingerprint density at radius 1 is 1.07 bits per heavy atom. The highest BCUT2D eigenvalue weighted by atomic mass is 16.3. The highest BCUT2D eigenvalue weighted by Gasteiger charge is 2.11. The Hall–Kier alpha value is -3.03. The van der Waals surface area contributed by atoms with Crippen molar-refractivity contribution in [2.75, 3.05) is 19.4 Å². The van der Waals surface area contributed by atoms with Crippen LogP contribution in [0.2, 0.25) is 0 Å². The van der Waals surface area contributed by atoms with Gasteiger partial charge in [0.05, 0.1) is 0 Å². The third kappa shape index (κ3) is 4.39. The number of carbonyl (C=O) groups excluding carboxylic acids is 1. The van der Waals surface area contributed by atoms with E-state index < -0.39 is 0 Å². The fraction of sp³-hybridized carbons (Fsp3) is 0.250. The van der Waals surface area contributed by atoms with Gasteiger partial charge in [0.25, 0.3) is 5.91 Å². The molecule has 0 aliphatic rings. The maximum absolute atomic E-state index is 12.4. The number of aliphatic hydroxyl groups excluding tert-OH is 1. The first-order valence-corrected chi connectivity index (χ1v) is 8.62. The van der Waals surface area contributed by atoms with Crippen molar-refractivity contribution in [3.8, 4) is 11.4 Å². The molecule has 2 N–H and O–H groups in total. The summed E-state index contributed by atoms with van der Waals surface area (Å²) in [5.41, 5.74) is 3.33. The average molecular weight is 365 g/mol. The van der Waals surface area contributed by atoms with Crippen molar-refractivity contribution >= 4 is 11.6 Å². The summed E-state index contributed by atoms with van der Waals surface area (Å²) in [6, 6.07) is 15.0. The maximum Gasteiger partial charge on any atom is 0.255 e. The van der Waals surface area contributed by atoms with Gasteiger partial charge in [-0.1, -0.05) is 12.1 Å². The Balaban J connectivity index is 1.68. The van der Waals surface area contributed by atoms with Crippen molar-refractivity contribution in [1.29, 1.82) is 0 Å². The Labute approximate surface area is 158 Å². The average Bonchev–Trinajstić information content (AvgIpc) is 3.03. The maximum atomic E-state index is 12.4. The van der Waals surface area contributed by atoms with Gasteiger partial charge in [0.1, 0.15) is 6.61 Å². The van der Waals surface area contributed by atoms with Crippen LogP contribution in [0.4, 0.5) is 5.69 Å². The number of benzene rings is 2. The van der Waals surface area contributed by atoms with Crippen LogP contribution in [0, 0.1) is 0 Å². The van der Waals surface area contributed by atoms with Crippen molar-refractivity contribution in [2.45, 2.75) is 13.2 Å². The van der Waals surface area contributed by atoms with Gasteiger partial charge in [0.15, 0.2) is 11.6 Å². The molecule has 7 heteroatoms. The highest BCUT2D eigenvalue weighted by Crippen LogP contribution is 2.20. The third-order valence-electron chi connectivity index (χ3n) is 4.22. The summed E-state index contributed by atoms with van der Waals surface area (Å²) in [6.07, 6.45) is 0. The molecule has 0 radical (unpaired) electrons. The van der Waals surface area contributed by atoms with Gasteiger partial charge in [0.2, 0.25) is 0 Å². The van der Waals surface area contributed by atoms with E-state index in [4.69, 9.17) is 0 Å². The molecule has 0 saturated heterocycles. The first kappa shape index (κ1) is 18.8. The largest absolute Gasteiger partial charge is 0.388 e. The van der Waals surface area contributed by atoms with Crippen LogP contribution in [0.15, 0.2) is 48.5 Å². The number of carbonyl (C=O) groups is 1. The van der Waals surface area contributed by atoms with E-state index in [-0.39, 0.29) is 12.5 Å². The Morgan fingerprint density at radius 2 is 1.74 bits per heavy atom. The zero-order chi connectivity index (χ0) is 19.4. The monoisotopic (exact) mass is 365 g/mol. The lowest BCUT2D eigenvalue weighted by molar-refractivity contribution is 0.102. The smallest absolute Gasteiger partial charge is 0.255 e. The predicted octanol–water partition coefficient (Wildman–Crippen LogP) is 2.29. The minimum Gasteiger partial charge on any atom is -0.388 e. The molecule has 140 valence electrons. The second kappa shape index (κ2) is 8.11. The SMILES string of the molecule is CN(C)Cc1ccc(C(=O)Nc2ccc(-c3nnc(CO)n3C)cc2)cc1. The molecule has 1 aromatic heterocycles. The van der Waals surface area contributed by atoms with Gasteiger partial charge in [-0.25, -0.2) is 0 Å². The van der Waals surface area contributed by atoms with Crippen molar-refractivity contribution in [3.63, 3.8) is 0 Å². The molecule has 0 unspecified atom stereocenters. The van der Waals surface area contributed by atoms with Gasteiger partial charge >= 0.3 is 0 Å². The summed E-state index contributed by atoms with van der Waals surface area (Å²) in [6.45, 7) is 0.675. The molecule has 0 fully saturated rings. The Morgan fingerprint density at radius 3 is 2.30 bits per heavy atom. The quantitative estimate of drug-likeness (QED) is 0.700. The zero-order valence-corrected chi connectivity index (χ0v) is 15.7. The third-order valence-corrected chi connectivity index (χ3v) is 4.22. The topological polar surface area (TPSA) is 83.3 Å². The van der Waals surface area contributed by atoms with Crippen LogP contribution in [-0.2, 0) is 20.2 Å². The van der Waals surface area contributed by atoms with Crippen LogP contribution >= 0.6 is 0 Å². The minimum atomic E-state index is -0.162. The van der Waals surface area contributed by atoms with E-state index in [1.54, 1.807) is 11.6 Å². The molecule has 1 heterocycles. The number of aliphatic hydroxyl groups is 1. The molecular weight excluding hydrogens is 342 g/mol. The molecule has 0 atom stereocenters. The minimum absolute atomic E-state index is 0.152. The zero-order valence-electron chi connectivity index (χ0n) is 15.7. The van der Waals surface area contributed by atoms with Crippen molar-refractivity contribution in [2.24, 2.45) is 7.05 Å². The number of aromatic nitrogens is 3. The summed E-state index contributed by atoms with van der Waals surface area (Å²) in [7, 11) is 5.82. The molecule has 7 nitrogen and oxygen atoms in total. The van der Waals surface area contributed by atoms with Crippen molar-refractivity contribution in [1.82, 2.24) is 19.7 Å². The van der Waals surface area contributed by atoms with E-state index in [1.165, 1.54) is 0 Å². The number of amides is 1. The van der Waals surface area contributed by atoms with E-state index >= 15 is 0 Å². The summed E-state index contributed by atoms with van der Waals surface area (Å²) >= 11 is 0. The van der Waals surface area contributed by atoms with Gasteiger partial charge < -0.3 is 19.9 Å². The fourth-order valence-corrected chi connectivity index (χ4v) is 2.78. The van der Waals surface area contributed by atoms with Crippen molar-refractivity contribution < 1.29 is 9.90 Å². The molecule has 0 saturated carbocycles. The predicted molar refractivity (Wildman–Crippen MR) is 104 cm³/mol. The van der Waals surface area contributed by atoms with Crippen LogP contribution in [0.5, 0.6) is 0 Å². The number of nitrogens with zero attached hydrogens (tertiary/aromatic N) is 4. The Bertz CT molecular complexity index is 915. The summed E-state index contributed by atoms with van der Waals surface area (Å²) in [4.78, 5) is 14.5. The molecule has 0 aliphatic carbocycles. The van der Waals surface area contributed by atoms with Gasteiger partial charge in [-0.15, -0.1) is 10.2 Å². The lowest BCUT2D eigenvalue weighted by Gasteiger charge is -2.10. The number of rotatable bonds is 6. The van der Waals surface area contributed by atoms with Crippen LogP contribution in [0.3, 0.4) is 0 Å². The first-order chi connectivity index (χ1) is 13.0. The van der Waals surface area contributed by atoms with Crippen LogP contribution in [0.25, 0.3) is 11.4 Å². The first-order valence-electron chi connectivity index (χ1n) is 8.62. The van der Waals surface area contributed by atoms with E-state index in [9.17, 15) is 9.90 Å². The fourth-order valence-electron chi connectivity index (χ4n) is 2.78. The van der Waals surface area contributed by atoms with Crippen molar-refractivity contribution in [3.05, 3.63) is 65.5 Å². The number of nitrogens with one attached hydrogen (secondary N) is 1. The molecule has 27 heavy (non-hydrogen) atoms. The summed E-state index contributed by atoms with van der Waals surface area (Å²) in [5, 5.41) is 20.1. The molecule has 0 bridgehead atoms. The number of hydrogen-bond donors (Lipinski definition) is 2. The number of hydrogen-bond acceptors (Lipinski definition) is 5. The standard InChI is InChI=1S/C20H23N5O2/c1-24(2)12-14-4-6-16(7-5-14)20(27)21-17-10-8-15(9-11-17)19-23-22-18(13-26)25(19)3/h4-11,26H,12-13H2,1-3H3,(H,21,27). The Kier molecular flexibility index (Phi) is 5.63. The molecule has 2 aromatic carbocycles. The van der Waals surface area contributed by atoms with Crippen LogP contribution < -0.4 is 5.32 Å². The van der Waals surface area contributed by atoms with E-state index in [0.717, 1.165) is 17.7 Å². The summed E-state index contributed by atoms with van der Waals surface area (Å²) < 4.78 is 1.74. The highest BCUT2D eigenvalue weighted by molar-refractivity contribution is 6.04. The van der Waals surface area contributed by atoms with E-state index in [1.807, 2.05) is 62.6 Å². The molecule has 0 spiro atoms. The molecule has 3 rings (SSSR count). The van der Waals surface area contributed by atoms with E-state index in [2.05, 4.69) is 20.4 Å². The van der Waals surface area contributed by atoms with Crippen LogP contribution in [0.1, 0.15) is 21.7 Å². The lowest BCUT2D eigenvalue weighted by Crippen LogP contribution is -2.13.